The molecule has 136 valence electrons. The van der Waals surface area contributed by atoms with Gasteiger partial charge in [-0.1, -0.05) is 23.2 Å². The van der Waals surface area contributed by atoms with Crippen molar-refractivity contribution in [3.8, 4) is 0 Å². The van der Waals surface area contributed by atoms with E-state index in [0.29, 0.717) is 31.8 Å². The number of nitrogens with one attached hydrogen (secondary N) is 1. The maximum Gasteiger partial charge on any atom is 0.263 e. The van der Waals surface area contributed by atoms with Gasteiger partial charge in [0.15, 0.2) is 0 Å². The smallest absolute Gasteiger partial charge is 0.263 e. The summed E-state index contributed by atoms with van der Waals surface area (Å²) in [5.74, 6) is 0.119. The number of rotatable bonds is 3. The van der Waals surface area contributed by atoms with Crippen LogP contribution in [0.25, 0.3) is 10.2 Å². The number of fused-ring (bicyclic) bond motifs is 1. The predicted molar refractivity (Wildman–Crippen MR) is 108 cm³/mol. The molecule has 2 aromatic heterocycles. The average molecular weight is 410 g/mol. The molecule has 2 heterocycles. The van der Waals surface area contributed by atoms with Gasteiger partial charge in [-0.2, -0.15) is 0 Å². The van der Waals surface area contributed by atoms with Crippen LogP contribution >= 0.6 is 34.5 Å². The Morgan fingerprint density at radius 3 is 2.65 bits per heavy atom. The summed E-state index contributed by atoms with van der Waals surface area (Å²) < 4.78 is 1.41. The number of amides is 1. The van der Waals surface area contributed by atoms with E-state index in [1.165, 1.54) is 15.9 Å². The molecular weight excluding hydrogens is 393 g/mol. The van der Waals surface area contributed by atoms with Gasteiger partial charge in [-0.05, 0) is 51.5 Å². The fourth-order valence-electron chi connectivity index (χ4n) is 2.81. The number of anilines is 1. The third-order valence-corrected chi connectivity index (χ3v) is 6.03. The van der Waals surface area contributed by atoms with Crippen molar-refractivity contribution in [2.75, 3.05) is 5.32 Å². The second-order valence-corrected chi connectivity index (χ2v) is 8.13. The number of aromatic nitrogens is 2. The molecule has 0 aliphatic rings. The normalized spacial score (nSPS) is 12.4. The summed E-state index contributed by atoms with van der Waals surface area (Å²) in [5.41, 5.74) is 1.09. The van der Waals surface area contributed by atoms with E-state index in [4.69, 9.17) is 23.2 Å². The highest BCUT2D eigenvalue weighted by molar-refractivity contribution is 7.18. The Morgan fingerprint density at radius 1 is 1.27 bits per heavy atom. The van der Waals surface area contributed by atoms with Crippen molar-refractivity contribution in [2.24, 2.45) is 0 Å². The van der Waals surface area contributed by atoms with E-state index >= 15 is 0 Å². The number of benzene rings is 1. The number of hydrogen-bond acceptors (Lipinski definition) is 4. The molecule has 3 rings (SSSR count). The number of hydrogen-bond donors (Lipinski definition) is 1. The SMILES string of the molecule is Cc1sc2nc(C)n(C(C)C(=O)Nc3cc(Cl)ccc3Cl)c(=O)c2c1C. The van der Waals surface area contributed by atoms with Crippen molar-refractivity contribution < 1.29 is 4.79 Å². The van der Waals surface area contributed by atoms with Gasteiger partial charge in [-0.25, -0.2) is 4.98 Å². The quantitative estimate of drug-likeness (QED) is 0.669. The van der Waals surface area contributed by atoms with Crippen molar-refractivity contribution in [2.45, 2.75) is 33.7 Å². The first-order valence-corrected chi connectivity index (χ1v) is 9.52. The number of carbonyl (C=O) groups excluding carboxylic acids is 1. The lowest BCUT2D eigenvalue weighted by atomic mass is 10.2. The minimum atomic E-state index is -0.756. The van der Waals surface area contributed by atoms with Crippen LogP contribution < -0.4 is 10.9 Å². The summed E-state index contributed by atoms with van der Waals surface area (Å²) in [6.45, 7) is 7.23. The van der Waals surface area contributed by atoms with Crippen LogP contribution in [0.1, 0.15) is 29.2 Å². The van der Waals surface area contributed by atoms with E-state index in [1.807, 2.05) is 13.8 Å². The van der Waals surface area contributed by atoms with Crippen LogP contribution in [0.15, 0.2) is 23.0 Å². The van der Waals surface area contributed by atoms with E-state index in [-0.39, 0.29) is 11.5 Å². The van der Waals surface area contributed by atoms with E-state index in [2.05, 4.69) is 10.3 Å². The molecule has 0 spiro atoms. The predicted octanol–water partition coefficient (Wildman–Crippen LogP) is 4.89. The fraction of sp³-hybridized carbons (Fsp3) is 0.278. The third kappa shape index (κ3) is 3.24. The van der Waals surface area contributed by atoms with Gasteiger partial charge in [-0.3, -0.25) is 14.2 Å². The Balaban J connectivity index is 2.03. The lowest BCUT2D eigenvalue weighted by Crippen LogP contribution is -2.33. The molecule has 0 aliphatic heterocycles. The highest BCUT2D eigenvalue weighted by atomic mass is 35.5. The van der Waals surface area contributed by atoms with Crippen molar-refractivity contribution in [3.05, 3.63) is 54.9 Å². The Labute approximate surface area is 164 Å². The average Bonchev–Trinajstić information content (AvgIpc) is 2.85. The molecule has 0 saturated carbocycles. The highest BCUT2D eigenvalue weighted by Crippen LogP contribution is 2.28. The van der Waals surface area contributed by atoms with Crippen molar-refractivity contribution in [1.82, 2.24) is 9.55 Å². The van der Waals surface area contributed by atoms with Gasteiger partial charge in [0.25, 0.3) is 5.56 Å². The van der Waals surface area contributed by atoms with Crippen LogP contribution in [-0.2, 0) is 4.79 Å². The molecule has 1 unspecified atom stereocenters. The second kappa shape index (κ2) is 7.02. The molecule has 26 heavy (non-hydrogen) atoms. The molecular formula is C18H17Cl2N3O2S. The molecule has 8 heteroatoms. The van der Waals surface area contributed by atoms with Gasteiger partial charge < -0.3 is 5.32 Å². The maximum atomic E-state index is 13.0. The second-order valence-electron chi connectivity index (χ2n) is 6.09. The molecule has 0 saturated heterocycles. The molecule has 0 radical (unpaired) electrons. The maximum absolute atomic E-state index is 13.0. The zero-order chi connectivity index (χ0) is 19.2. The van der Waals surface area contributed by atoms with E-state index in [1.54, 1.807) is 32.0 Å². The van der Waals surface area contributed by atoms with E-state index in [0.717, 1.165) is 10.4 Å². The number of aryl methyl sites for hydroxylation is 3. The molecule has 1 N–H and O–H groups in total. The summed E-state index contributed by atoms with van der Waals surface area (Å²) in [7, 11) is 0. The minimum Gasteiger partial charge on any atom is -0.323 e. The lowest BCUT2D eigenvalue weighted by Gasteiger charge is -2.18. The van der Waals surface area contributed by atoms with Gasteiger partial charge in [0.1, 0.15) is 16.7 Å². The Kier molecular flexibility index (Phi) is 5.10. The van der Waals surface area contributed by atoms with Gasteiger partial charge in [-0.15, -0.1) is 11.3 Å². The lowest BCUT2D eigenvalue weighted by molar-refractivity contribution is -0.118. The first kappa shape index (κ1) is 18.9. The van der Waals surface area contributed by atoms with Crippen LogP contribution in [0, 0.1) is 20.8 Å². The Morgan fingerprint density at radius 2 is 1.96 bits per heavy atom. The molecule has 5 nitrogen and oxygen atoms in total. The largest absolute Gasteiger partial charge is 0.323 e. The summed E-state index contributed by atoms with van der Waals surface area (Å²) in [6, 6.07) is 4.05. The number of nitrogens with zero attached hydrogens (tertiary/aromatic N) is 2. The molecule has 0 fully saturated rings. The van der Waals surface area contributed by atoms with Crippen molar-refractivity contribution in [1.29, 1.82) is 0 Å². The van der Waals surface area contributed by atoms with Crippen LogP contribution in [-0.4, -0.2) is 15.5 Å². The number of halogens is 2. The summed E-state index contributed by atoms with van der Waals surface area (Å²) in [4.78, 5) is 32.0. The summed E-state index contributed by atoms with van der Waals surface area (Å²) in [5, 5.41) is 4.13. The van der Waals surface area contributed by atoms with E-state index in [9.17, 15) is 9.59 Å². The Hall–Kier alpha value is -1.89. The molecule has 0 bridgehead atoms. The zero-order valence-electron chi connectivity index (χ0n) is 14.7. The van der Waals surface area contributed by atoms with Crippen LogP contribution in [0.2, 0.25) is 10.0 Å². The highest BCUT2D eigenvalue weighted by Gasteiger charge is 2.23. The first-order chi connectivity index (χ1) is 12.2. The van der Waals surface area contributed by atoms with Crippen molar-refractivity contribution >= 4 is 56.3 Å². The molecule has 1 aromatic carbocycles. The minimum absolute atomic E-state index is 0.214. The summed E-state index contributed by atoms with van der Waals surface area (Å²) in [6.07, 6.45) is 0. The zero-order valence-corrected chi connectivity index (χ0v) is 17.0. The monoisotopic (exact) mass is 409 g/mol. The fourth-order valence-corrected chi connectivity index (χ4v) is 4.21. The third-order valence-electron chi connectivity index (χ3n) is 4.36. The topological polar surface area (TPSA) is 64.0 Å². The van der Waals surface area contributed by atoms with Gasteiger partial charge in [0.2, 0.25) is 5.91 Å². The van der Waals surface area contributed by atoms with Crippen LogP contribution in [0.3, 0.4) is 0 Å². The van der Waals surface area contributed by atoms with Gasteiger partial charge in [0.05, 0.1) is 16.1 Å². The standard InChI is InChI=1S/C18H17Cl2N3O2S/c1-8-10(3)26-17-15(8)18(25)23(11(4)21-17)9(2)16(24)22-14-7-12(19)5-6-13(14)20/h5-7,9H,1-4H3,(H,22,24). The molecule has 1 atom stereocenters. The molecule has 1 amide bonds. The van der Waals surface area contributed by atoms with E-state index < -0.39 is 6.04 Å². The first-order valence-electron chi connectivity index (χ1n) is 7.95. The van der Waals surface area contributed by atoms with Crippen LogP contribution in [0.4, 0.5) is 5.69 Å². The van der Waals surface area contributed by atoms with Gasteiger partial charge >= 0.3 is 0 Å². The number of thiophene rings is 1. The molecule has 3 aromatic rings. The van der Waals surface area contributed by atoms with Crippen LogP contribution in [0.5, 0.6) is 0 Å². The number of carbonyl (C=O) groups is 1. The summed E-state index contributed by atoms with van der Waals surface area (Å²) >= 11 is 13.5. The van der Waals surface area contributed by atoms with Gasteiger partial charge in [0, 0.05) is 9.90 Å². The Bertz CT molecular complexity index is 1090. The molecule has 0 aliphatic carbocycles. The van der Waals surface area contributed by atoms with Crippen molar-refractivity contribution in [3.63, 3.8) is 0 Å².